The number of nitrogen functional groups attached to an aromatic ring is 1. The fraction of sp³-hybridized carbons (Fsp3) is 0.538. The summed E-state index contributed by atoms with van der Waals surface area (Å²) in [7, 11) is 0. The van der Waals surface area contributed by atoms with E-state index < -0.39 is 5.97 Å². The summed E-state index contributed by atoms with van der Waals surface area (Å²) in [4.78, 5) is 19.2. The van der Waals surface area contributed by atoms with Gasteiger partial charge in [-0.25, -0.2) is 14.6 Å². The van der Waals surface area contributed by atoms with Gasteiger partial charge < -0.3 is 10.8 Å². The van der Waals surface area contributed by atoms with E-state index in [9.17, 15) is 4.79 Å². The molecule has 0 aromatic carbocycles. The maximum atomic E-state index is 10.9. The third-order valence-corrected chi connectivity index (χ3v) is 4.16. The van der Waals surface area contributed by atoms with E-state index in [1.165, 1.54) is 6.33 Å². The van der Waals surface area contributed by atoms with Crippen LogP contribution < -0.4 is 5.73 Å². The van der Waals surface area contributed by atoms with Gasteiger partial charge in [0.1, 0.15) is 15.8 Å². The van der Waals surface area contributed by atoms with E-state index in [0.29, 0.717) is 17.9 Å². The predicted molar refractivity (Wildman–Crippen MR) is 87.8 cm³/mol. The summed E-state index contributed by atoms with van der Waals surface area (Å²) in [5.41, 5.74) is 6.39. The average Bonchev–Trinajstić information content (AvgIpc) is 2.66. The van der Waals surface area contributed by atoms with Crippen LogP contribution in [-0.2, 0) is 4.79 Å². The second-order valence-corrected chi connectivity index (χ2v) is 7.03. The SMILES string of the molecule is CC(C)(C)C(CCC(=O)O)n1nc(I)c2c(N)ncnc21. The molecule has 1 unspecified atom stereocenters. The van der Waals surface area contributed by atoms with E-state index in [4.69, 9.17) is 10.8 Å². The van der Waals surface area contributed by atoms with E-state index in [2.05, 4.69) is 58.4 Å². The van der Waals surface area contributed by atoms with E-state index in [1.54, 1.807) is 4.68 Å². The number of hydrogen-bond acceptors (Lipinski definition) is 5. The van der Waals surface area contributed by atoms with Crippen molar-refractivity contribution in [3.8, 4) is 0 Å². The van der Waals surface area contributed by atoms with Crippen LogP contribution in [0.4, 0.5) is 5.82 Å². The highest BCUT2D eigenvalue weighted by Gasteiger charge is 2.30. The minimum atomic E-state index is -0.815. The lowest BCUT2D eigenvalue weighted by molar-refractivity contribution is -0.137. The Morgan fingerprint density at radius 1 is 1.48 bits per heavy atom. The molecule has 2 heterocycles. The van der Waals surface area contributed by atoms with E-state index in [0.717, 1.165) is 9.09 Å². The molecule has 8 heteroatoms. The monoisotopic (exact) mass is 403 g/mol. The molecular formula is C13H18IN5O2. The number of nitrogens with zero attached hydrogens (tertiary/aromatic N) is 4. The third kappa shape index (κ3) is 3.25. The molecular weight excluding hydrogens is 385 g/mol. The van der Waals surface area contributed by atoms with Crippen LogP contribution in [0.25, 0.3) is 11.0 Å². The van der Waals surface area contributed by atoms with Crippen molar-refractivity contribution in [1.82, 2.24) is 19.7 Å². The topological polar surface area (TPSA) is 107 Å². The van der Waals surface area contributed by atoms with Gasteiger partial charge in [0.15, 0.2) is 5.65 Å². The van der Waals surface area contributed by atoms with Gasteiger partial charge in [0.25, 0.3) is 0 Å². The smallest absolute Gasteiger partial charge is 0.303 e. The molecule has 0 fully saturated rings. The zero-order chi connectivity index (χ0) is 15.8. The number of halogens is 1. The van der Waals surface area contributed by atoms with Gasteiger partial charge in [-0.2, -0.15) is 5.10 Å². The molecule has 2 aromatic rings. The first-order valence-corrected chi connectivity index (χ1v) is 7.65. The molecule has 21 heavy (non-hydrogen) atoms. The van der Waals surface area contributed by atoms with Crippen molar-refractivity contribution in [3.63, 3.8) is 0 Å². The number of carboxylic acids is 1. The van der Waals surface area contributed by atoms with Gasteiger partial charge in [0.2, 0.25) is 0 Å². The fourth-order valence-electron chi connectivity index (χ4n) is 2.35. The van der Waals surface area contributed by atoms with Gasteiger partial charge in [-0.1, -0.05) is 20.8 Å². The van der Waals surface area contributed by atoms with Crippen LogP contribution in [0, 0.1) is 9.12 Å². The number of fused-ring (bicyclic) bond motifs is 1. The largest absolute Gasteiger partial charge is 0.481 e. The van der Waals surface area contributed by atoms with Crippen molar-refractivity contribution in [2.24, 2.45) is 5.41 Å². The van der Waals surface area contributed by atoms with Gasteiger partial charge in [-0.15, -0.1) is 0 Å². The zero-order valence-electron chi connectivity index (χ0n) is 12.2. The summed E-state index contributed by atoms with van der Waals surface area (Å²) in [5, 5.41) is 14.2. The molecule has 0 aliphatic heterocycles. The van der Waals surface area contributed by atoms with Crippen LogP contribution in [0.2, 0.25) is 0 Å². The number of rotatable bonds is 4. The maximum Gasteiger partial charge on any atom is 0.303 e. The fourth-order valence-corrected chi connectivity index (χ4v) is 3.10. The van der Waals surface area contributed by atoms with Crippen LogP contribution in [0.1, 0.15) is 39.7 Å². The van der Waals surface area contributed by atoms with Crippen molar-refractivity contribution < 1.29 is 9.90 Å². The maximum absolute atomic E-state index is 10.9. The Balaban J connectivity index is 2.55. The van der Waals surface area contributed by atoms with Gasteiger partial charge in [-0.3, -0.25) is 4.79 Å². The van der Waals surface area contributed by atoms with Crippen molar-refractivity contribution in [3.05, 3.63) is 10.0 Å². The molecule has 114 valence electrons. The number of carbonyl (C=O) groups is 1. The first kappa shape index (κ1) is 15.9. The zero-order valence-corrected chi connectivity index (χ0v) is 14.3. The lowest BCUT2D eigenvalue weighted by atomic mass is 9.84. The summed E-state index contributed by atoms with van der Waals surface area (Å²) in [6.07, 6.45) is 1.97. The summed E-state index contributed by atoms with van der Waals surface area (Å²) in [5.74, 6) is -0.425. The Labute approximate surface area is 136 Å². The second kappa shape index (κ2) is 5.74. The normalized spacial score (nSPS) is 13.5. The molecule has 0 saturated carbocycles. The van der Waals surface area contributed by atoms with Gasteiger partial charge in [-0.05, 0) is 34.4 Å². The summed E-state index contributed by atoms with van der Waals surface area (Å²) in [6.45, 7) is 6.18. The van der Waals surface area contributed by atoms with E-state index in [-0.39, 0.29) is 17.9 Å². The van der Waals surface area contributed by atoms with Crippen LogP contribution in [0.5, 0.6) is 0 Å². The summed E-state index contributed by atoms with van der Waals surface area (Å²) < 4.78 is 2.52. The molecule has 0 radical (unpaired) electrons. The number of aliphatic carboxylic acids is 1. The number of anilines is 1. The summed E-state index contributed by atoms with van der Waals surface area (Å²) >= 11 is 2.10. The molecule has 0 amide bonds. The third-order valence-electron chi connectivity index (χ3n) is 3.40. The first-order valence-electron chi connectivity index (χ1n) is 6.57. The molecule has 0 aliphatic carbocycles. The average molecular weight is 403 g/mol. The molecule has 7 nitrogen and oxygen atoms in total. The molecule has 0 spiro atoms. The Kier molecular flexibility index (Phi) is 4.35. The van der Waals surface area contributed by atoms with Crippen molar-refractivity contribution in [2.45, 2.75) is 39.7 Å². The Bertz CT molecular complexity index is 677. The van der Waals surface area contributed by atoms with E-state index >= 15 is 0 Å². The van der Waals surface area contributed by atoms with Crippen LogP contribution >= 0.6 is 22.6 Å². The lowest BCUT2D eigenvalue weighted by Crippen LogP contribution is -2.26. The molecule has 0 saturated heterocycles. The number of carboxylic acid groups (broad SMARTS) is 1. The Morgan fingerprint density at radius 2 is 2.14 bits per heavy atom. The summed E-state index contributed by atoms with van der Waals surface area (Å²) in [6, 6.07) is -0.0890. The predicted octanol–water partition coefficient (Wildman–Crippen LogP) is 2.47. The van der Waals surface area contributed by atoms with Crippen molar-refractivity contribution in [2.75, 3.05) is 5.73 Å². The Hall–Kier alpha value is -1.45. The molecule has 1 atom stereocenters. The minimum Gasteiger partial charge on any atom is -0.481 e. The first-order chi connectivity index (χ1) is 9.71. The van der Waals surface area contributed by atoms with Crippen molar-refractivity contribution >= 4 is 45.4 Å². The van der Waals surface area contributed by atoms with E-state index in [1.807, 2.05) is 0 Å². The Morgan fingerprint density at radius 3 is 2.71 bits per heavy atom. The van der Waals surface area contributed by atoms with Gasteiger partial charge >= 0.3 is 5.97 Å². The highest BCUT2D eigenvalue weighted by Crippen LogP contribution is 2.37. The number of hydrogen-bond donors (Lipinski definition) is 2. The number of nitrogens with two attached hydrogens (primary N) is 1. The quantitative estimate of drug-likeness (QED) is 0.760. The van der Waals surface area contributed by atoms with Crippen LogP contribution in [0.3, 0.4) is 0 Å². The van der Waals surface area contributed by atoms with Gasteiger partial charge in [0.05, 0.1) is 11.4 Å². The molecule has 0 bridgehead atoms. The molecule has 2 aromatic heterocycles. The second-order valence-electron chi connectivity index (χ2n) is 6.01. The molecule has 0 aliphatic rings. The molecule has 3 N–H and O–H groups in total. The van der Waals surface area contributed by atoms with Gasteiger partial charge in [0, 0.05) is 6.42 Å². The lowest BCUT2D eigenvalue weighted by Gasteiger charge is -2.30. The highest BCUT2D eigenvalue weighted by molar-refractivity contribution is 14.1. The van der Waals surface area contributed by atoms with Crippen molar-refractivity contribution in [1.29, 1.82) is 0 Å². The highest BCUT2D eigenvalue weighted by atomic mass is 127. The minimum absolute atomic E-state index is 0.0838. The van der Waals surface area contributed by atoms with Crippen LogP contribution in [0.15, 0.2) is 6.33 Å². The molecule has 2 rings (SSSR count). The van der Waals surface area contributed by atoms with Crippen LogP contribution in [-0.4, -0.2) is 30.8 Å². The number of aromatic nitrogens is 4. The standard InChI is InChI=1S/C13H18IN5O2/c1-13(2,3)7(4-5-8(20)21)19-12-9(10(14)18-19)11(15)16-6-17-12/h6-7H,4-5H2,1-3H3,(H,20,21)(H2,15,16,17).